The van der Waals surface area contributed by atoms with E-state index in [1.165, 1.54) is 6.07 Å². The van der Waals surface area contributed by atoms with Crippen LogP contribution < -0.4 is 15.7 Å². The van der Waals surface area contributed by atoms with Crippen LogP contribution in [0.25, 0.3) is 0 Å². The van der Waals surface area contributed by atoms with Crippen LogP contribution in [-0.2, 0) is 4.79 Å². The molecule has 1 heterocycles. The number of amides is 1. The van der Waals surface area contributed by atoms with Gasteiger partial charge in [-0.05, 0) is 30.0 Å². The first-order valence-electron chi connectivity index (χ1n) is 7.78. The number of hydrogen-bond acceptors (Lipinski definition) is 4. The maximum atomic E-state index is 12.2. The first-order valence-corrected chi connectivity index (χ1v) is 7.78. The van der Waals surface area contributed by atoms with E-state index >= 15 is 0 Å². The summed E-state index contributed by atoms with van der Waals surface area (Å²) in [5.41, 5.74) is 1.97. The van der Waals surface area contributed by atoms with Crippen molar-refractivity contribution in [2.24, 2.45) is 0 Å². The van der Waals surface area contributed by atoms with Crippen molar-refractivity contribution >= 4 is 17.6 Å². The maximum Gasteiger partial charge on any atom is 0.337 e. The molecule has 0 fully saturated rings. The number of carboxylic acids is 1. The van der Waals surface area contributed by atoms with Crippen molar-refractivity contribution in [2.75, 3.05) is 11.9 Å². The predicted molar refractivity (Wildman–Crippen MR) is 93.0 cm³/mol. The Balaban J connectivity index is 2.11. The van der Waals surface area contributed by atoms with E-state index in [1.807, 2.05) is 39.0 Å². The van der Waals surface area contributed by atoms with E-state index in [1.54, 1.807) is 0 Å². The number of carboxylic acid groups (broad SMARTS) is 1. The van der Waals surface area contributed by atoms with Crippen LogP contribution in [0.1, 0.15) is 41.3 Å². The Morgan fingerprint density at radius 1 is 1.24 bits per heavy atom. The van der Waals surface area contributed by atoms with Crippen LogP contribution in [0.4, 0.5) is 5.69 Å². The number of pyridine rings is 1. The zero-order valence-electron chi connectivity index (χ0n) is 14.3. The number of carbonyl (C=O) groups excluding carboxylic acids is 1. The van der Waals surface area contributed by atoms with Gasteiger partial charge in [0.2, 0.25) is 0 Å². The Morgan fingerprint density at radius 3 is 2.60 bits per heavy atom. The average molecular weight is 344 g/mol. The molecule has 0 spiro atoms. The van der Waals surface area contributed by atoms with Crippen LogP contribution in [0.2, 0.25) is 0 Å². The smallest absolute Gasteiger partial charge is 0.337 e. The zero-order chi connectivity index (χ0) is 18.6. The summed E-state index contributed by atoms with van der Waals surface area (Å²) in [6.07, 6.45) is 1.03. The number of nitrogens with zero attached hydrogens (tertiary/aromatic N) is 1. The molecule has 0 aliphatic heterocycles. The highest BCUT2D eigenvalue weighted by Crippen LogP contribution is 2.27. The number of nitrogens with one attached hydrogen (secondary N) is 1. The summed E-state index contributed by atoms with van der Waals surface area (Å²) in [6.45, 7) is 5.52. The lowest BCUT2D eigenvalue weighted by molar-refractivity contribution is -0.120. The van der Waals surface area contributed by atoms with E-state index in [-0.39, 0.29) is 11.5 Å². The molecule has 0 unspecified atom stereocenters. The molecule has 25 heavy (non-hydrogen) atoms. The molecule has 0 saturated heterocycles. The van der Waals surface area contributed by atoms with Crippen molar-refractivity contribution in [3.8, 4) is 0 Å². The SMILES string of the molecule is Cc1cccc(C(C)C)c1NC(=O)COn1cc(C(=O)O)ccc1=O. The highest BCUT2D eigenvalue weighted by atomic mass is 16.7. The molecule has 0 aliphatic carbocycles. The monoisotopic (exact) mass is 344 g/mol. The standard InChI is InChI=1S/C18H20N2O5/c1-11(2)14-6-4-5-12(3)17(14)19-15(21)10-25-20-9-13(18(23)24)7-8-16(20)22/h4-9,11H,10H2,1-3H3,(H,19,21)(H,23,24). The van der Waals surface area contributed by atoms with E-state index in [9.17, 15) is 14.4 Å². The highest BCUT2D eigenvalue weighted by molar-refractivity contribution is 5.93. The fourth-order valence-electron chi connectivity index (χ4n) is 2.34. The van der Waals surface area contributed by atoms with Gasteiger partial charge in [-0.1, -0.05) is 32.0 Å². The number of anilines is 1. The Hall–Kier alpha value is -3.09. The van der Waals surface area contributed by atoms with Crippen LogP contribution in [0.5, 0.6) is 0 Å². The van der Waals surface area contributed by atoms with Crippen molar-refractivity contribution in [1.82, 2.24) is 4.73 Å². The third-order valence-electron chi connectivity index (χ3n) is 3.65. The number of aryl methyl sites for hydroxylation is 1. The number of aromatic nitrogens is 1. The van der Waals surface area contributed by atoms with E-state index in [0.717, 1.165) is 33.8 Å². The molecule has 0 aliphatic rings. The lowest BCUT2D eigenvalue weighted by Gasteiger charge is -2.16. The molecule has 0 saturated carbocycles. The number of aromatic carboxylic acids is 1. The molecule has 0 bridgehead atoms. The summed E-state index contributed by atoms with van der Waals surface area (Å²) in [7, 11) is 0. The molecule has 2 rings (SSSR count). The number of para-hydroxylation sites is 1. The van der Waals surface area contributed by atoms with Gasteiger partial charge in [-0.25, -0.2) is 4.79 Å². The third-order valence-corrected chi connectivity index (χ3v) is 3.65. The number of benzene rings is 1. The van der Waals surface area contributed by atoms with Gasteiger partial charge in [-0.3, -0.25) is 9.59 Å². The second-order valence-corrected chi connectivity index (χ2v) is 5.90. The Bertz CT molecular complexity index is 855. The van der Waals surface area contributed by atoms with Gasteiger partial charge in [-0.2, -0.15) is 4.73 Å². The molecule has 1 aromatic heterocycles. The summed E-state index contributed by atoms with van der Waals surface area (Å²) < 4.78 is 0.740. The molecular formula is C18H20N2O5. The number of carbonyl (C=O) groups is 2. The van der Waals surface area contributed by atoms with Crippen molar-refractivity contribution < 1.29 is 19.5 Å². The van der Waals surface area contributed by atoms with E-state index in [4.69, 9.17) is 9.94 Å². The van der Waals surface area contributed by atoms with Gasteiger partial charge >= 0.3 is 5.97 Å². The largest absolute Gasteiger partial charge is 0.478 e. The van der Waals surface area contributed by atoms with Gasteiger partial charge in [-0.15, -0.1) is 0 Å². The maximum absolute atomic E-state index is 12.2. The van der Waals surface area contributed by atoms with Gasteiger partial charge in [0.1, 0.15) is 0 Å². The van der Waals surface area contributed by atoms with Crippen LogP contribution in [0.15, 0.2) is 41.3 Å². The molecule has 7 nitrogen and oxygen atoms in total. The summed E-state index contributed by atoms with van der Waals surface area (Å²) in [4.78, 5) is 39.9. The first kappa shape index (κ1) is 18.3. The molecule has 0 radical (unpaired) electrons. The van der Waals surface area contributed by atoms with E-state index < -0.39 is 24.0 Å². The first-order chi connectivity index (χ1) is 11.8. The Morgan fingerprint density at radius 2 is 1.96 bits per heavy atom. The zero-order valence-corrected chi connectivity index (χ0v) is 14.3. The summed E-state index contributed by atoms with van der Waals surface area (Å²) in [6, 6.07) is 8.00. The van der Waals surface area contributed by atoms with Crippen LogP contribution in [0, 0.1) is 6.92 Å². The van der Waals surface area contributed by atoms with Gasteiger partial charge in [0.05, 0.1) is 11.8 Å². The van der Waals surface area contributed by atoms with Crippen LogP contribution >= 0.6 is 0 Å². The molecule has 1 aromatic carbocycles. The Kier molecular flexibility index (Phi) is 5.59. The lowest BCUT2D eigenvalue weighted by atomic mass is 9.98. The van der Waals surface area contributed by atoms with Crippen molar-refractivity contribution in [2.45, 2.75) is 26.7 Å². The minimum absolute atomic E-state index is 0.110. The normalized spacial score (nSPS) is 10.6. The van der Waals surface area contributed by atoms with Gasteiger partial charge in [0, 0.05) is 11.8 Å². The van der Waals surface area contributed by atoms with Crippen LogP contribution in [0.3, 0.4) is 0 Å². The minimum atomic E-state index is -1.19. The quantitative estimate of drug-likeness (QED) is 0.836. The fourth-order valence-corrected chi connectivity index (χ4v) is 2.34. The molecule has 1 amide bonds. The Labute approximate surface area is 144 Å². The number of hydrogen-bond donors (Lipinski definition) is 2. The van der Waals surface area contributed by atoms with Gasteiger partial charge in [0.15, 0.2) is 6.61 Å². The second kappa shape index (κ2) is 7.65. The topological polar surface area (TPSA) is 97.6 Å². The van der Waals surface area contributed by atoms with Crippen molar-refractivity contribution in [1.29, 1.82) is 0 Å². The van der Waals surface area contributed by atoms with Crippen molar-refractivity contribution in [3.63, 3.8) is 0 Å². The summed E-state index contributed by atoms with van der Waals surface area (Å²) in [5, 5.41) is 11.7. The highest BCUT2D eigenvalue weighted by Gasteiger charge is 2.13. The van der Waals surface area contributed by atoms with Crippen LogP contribution in [-0.4, -0.2) is 28.3 Å². The summed E-state index contributed by atoms with van der Waals surface area (Å²) >= 11 is 0. The molecule has 0 atom stereocenters. The average Bonchev–Trinajstić information content (AvgIpc) is 2.55. The second-order valence-electron chi connectivity index (χ2n) is 5.90. The molecule has 2 aromatic rings. The molecule has 7 heteroatoms. The minimum Gasteiger partial charge on any atom is -0.478 e. The molecule has 132 valence electrons. The van der Waals surface area contributed by atoms with Gasteiger partial charge < -0.3 is 15.3 Å². The molecular weight excluding hydrogens is 324 g/mol. The van der Waals surface area contributed by atoms with Gasteiger partial charge in [0.25, 0.3) is 11.5 Å². The predicted octanol–water partition coefficient (Wildman–Crippen LogP) is 2.05. The number of rotatable bonds is 6. The van der Waals surface area contributed by atoms with E-state index in [2.05, 4.69) is 5.32 Å². The van der Waals surface area contributed by atoms with E-state index in [0.29, 0.717) is 0 Å². The lowest BCUT2D eigenvalue weighted by Crippen LogP contribution is -2.32. The fraction of sp³-hybridized carbons (Fsp3) is 0.278. The molecule has 2 N–H and O–H groups in total. The third kappa shape index (κ3) is 4.47. The van der Waals surface area contributed by atoms with Crippen molar-refractivity contribution in [3.05, 3.63) is 63.6 Å². The summed E-state index contributed by atoms with van der Waals surface area (Å²) in [5.74, 6) is -1.40.